The summed E-state index contributed by atoms with van der Waals surface area (Å²) in [5.41, 5.74) is 0. The van der Waals surface area contributed by atoms with Crippen LogP contribution in [0.5, 0.6) is 0 Å². The van der Waals surface area contributed by atoms with Gasteiger partial charge in [0.05, 0.1) is 6.04 Å². The molecule has 1 heterocycles. The lowest BCUT2D eigenvalue weighted by molar-refractivity contribution is -0.125. The number of rotatable bonds is 9. The normalized spacial score (nSPS) is 12.9. The van der Waals surface area contributed by atoms with Gasteiger partial charge in [0.1, 0.15) is 0 Å². The fraction of sp³-hybridized carbons (Fsp3) is 0.688. The molecule has 114 valence electrons. The first-order chi connectivity index (χ1) is 9.67. The van der Waals surface area contributed by atoms with Crippen LogP contribution in [0.2, 0.25) is 0 Å². The first kappa shape index (κ1) is 17.2. The van der Waals surface area contributed by atoms with E-state index in [2.05, 4.69) is 55.4 Å². The van der Waals surface area contributed by atoms with E-state index in [9.17, 15) is 4.79 Å². The number of hydrogen-bond donors (Lipinski definition) is 1. The molecule has 4 heteroatoms. The fourth-order valence-corrected chi connectivity index (χ4v) is 3.42. The van der Waals surface area contributed by atoms with Crippen molar-refractivity contribution in [3.8, 4) is 0 Å². The zero-order chi connectivity index (χ0) is 15.0. The molecule has 1 aromatic heterocycles. The Hall–Kier alpha value is -0.870. The van der Waals surface area contributed by atoms with Crippen molar-refractivity contribution in [1.82, 2.24) is 10.2 Å². The lowest BCUT2D eigenvalue weighted by Gasteiger charge is -2.29. The van der Waals surface area contributed by atoms with Gasteiger partial charge in [0.15, 0.2) is 0 Å². The molecule has 0 fully saturated rings. The van der Waals surface area contributed by atoms with Gasteiger partial charge in [-0.3, -0.25) is 9.69 Å². The highest BCUT2D eigenvalue weighted by Crippen LogP contribution is 2.24. The summed E-state index contributed by atoms with van der Waals surface area (Å²) in [6.45, 7) is 11.2. The second-order valence-corrected chi connectivity index (χ2v) is 5.99. The second-order valence-electron chi connectivity index (χ2n) is 5.01. The predicted octanol–water partition coefficient (Wildman–Crippen LogP) is 3.68. The third-order valence-electron chi connectivity index (χ3n) is 3.95. The van der Waals surface area contributed by atoms with Crippen molar-refractivity contribution in [2.75, 3.05) is 19.6 Å². The zero-order valence-corrected chi connectivity index (χ0v) is 14.0. The Balaban J connectivity index is 2.69. The molecule has 0 saturated carbocycles. The molecule has 0 bridgehead atoms. The van der Waals surface area contributed by atoms with Crippen LogP contribution in [-0.4, -0.2) is 30.4 Å². The Bertz CT molecular complexity index is 370. The third kappa shape index (κ3) is 4.60. The van der Waals surface area contributed by atoms with Crippen molar-refractivity contribution in [1.29, 1.82) is 0 Å². The first-order valence-corrected chi connectivity index (χ1v) is 8.60. The van der Waals surface area contributed by atoms with E-state index in [1.165, 1.54) is 4.88 Å². The summed E-state index contributed by atoms with van der Waals surface area (Å²) in [6, 6.07) is 4.54. The number of hydrogen-bond acceptors (Lipinski definition) is 3. The van der Waals surface area contributed by atoms with Crippen molar-refractivity contribution in [2.45, 2.75) is 46.6 Å². The van der Waals surface area contributed by atoms with E-state index in [1.54, 1.807) is 11.3 Å². The molecule has 1 unspecified atom stereocenters. The maximum Gasteiger partial charge on any atom is 0.223 e. The molecular formula is C16H28N2OS. The minimum absolute atomic E-state index is 0.149. The molecule has 0 spiro atoms. The lowest BCUT2D eigenvalue weighted by atomic mass is 10.0. The molecule has 0 saturated heterocycles. The van der Waals surface area contributed by atoms with Gasteiger partial charge in [-0.25, -0.2) is 0 Å². The molecule has 0 aliphatic rings. The monoisotopic (exact) mass is 296 g/mol. The molecular weight excluding hydrogens is 268 g/mol. The van der Waals surface area contributed by atoms with Crippen LogP contribution in [0.1, 0.15) is 51.5 Å². The minimum Gasteiger partial charge on any atom is -0.354 e. The van der Waals surface area contributed by atoms with Gasteiger partial charge in [0, 0.05) is 17.3 Å². The summed E-state index contributed by atoms with van der Waals surface area (Å²) in [6.07, 6.45) is 1.83. The van der Waals surface area contributed by atoms with Crippen LogP contribution in [0.4, 0.5) is 0 Å². The molecule has 1 atom stereocenters. The van der Waals surface area contributed by atoms with Crippen molar-refractivity contribution < 1.29 is 4.79 Å². The van der Waals surface area contributed by atoms with Crippen LogP contribution < -0.4 is 5.32 Å². The Morgan fingerprint density at radius 2 is 1.90 bits per heavy atom. The molecule has 20 heavy (non-hydrogen) atoms. The van der Waals surface area contributed by atoms with Crippen molar-refractivity contribution in [2.24, 2.45) is 5.92 Å². The highest BCUT2D eigenvalue weighted by atomic mass is 32.1. The summed E-state index contributed by atoms with van der Waals surface area (Å²) in [5.74, 6) is 0.347. The highest BCUT2D eigenvalue weighted by molar-refractivity contribution is 7.10. The predicted molar refractivity (Wildman–Crippen MR) is 87.1 cm³/mol. The lowest BCUT2D eigenvalue weighted by Crippen LogP contribution is -2.39. The van der Waals surface area contributed by atoms with Gasteiger partial charge in [-0.2, -0.15) is 0 Å². The van der Waals surface area contributed by atoms with Gasteiger partial charge < -0.3 is 5.32 Å². The molecule has 0 aliphatic heterocycles. The Morgan fingerprint density at radius 1 is 1.25 bits per heavy atom. The molecule has 0 aromatic carbocycles. The van der Waals surface area contributed by atoms with Crippen LogP contribution in [0.25, 0.3) is 0 Å². The van der Waals surface area contributed by atoms with E-state index in [-0.39, 0.29) is 11.8 Å². The quantitative estimate of drug-likeness (QED) is 0.754. The fourth-order valence-electron chi connectivity index (χ4n) is 2.56. The van der Waals surface area contributed by atoms with Crippen LogP contribution in [0, 0.1) is 5.92 Å². The first-order valence-electron chi connectivity index (χ1n) is 7.72. The number of carbonyl (C=O) groups excluding carboxylic acids is 1. The number of carbonyl (C=O) groups is 1. The van der Waals surface area contributed by atoms with Gasteiger partial charge in [0.25, 0.3) is 0 Å². The summed E-state index contributed by atoms with van der Waals surface area (Å²) in [5, 5.41) is 5.25. The average Bonchev–Trinajstić information content (AvgIpc) is 2.98. The number of thiophene rings is 1. The zero-order valence-electron chi connectivity index (χ0n) is 13.2. The molecule has 1 amide bonds. The molecule has 3 nitrogen and oxygen atoms in total. The standard InChI is InChI=1S/C16H28N2OS/c1-5-13(6-2)16(19)17-12-14(18(7-3)8-4)15-10-9-11-20-15/h9-11,13-14H,5-8,12H2,1-4H3,(H,17,19). The van der Waals surface area contributed by atoms with Crippen LogP contribution in [-0.2, 0) is 4.79 Å². The van der Waals surface area contributed by atoms with Crippen LogP contribution >= 0.6 is 11.3 Å². The number of amides is 1. The van der Waals surface area contributed by atoms with E-state index in [4.69, 9.17) is 0 Å². The number of likely N-dealkylation sites (N-methyl/N-ethyl adjacent to an activating group) is 1. The Kier molecular flexibility index (Phi) is 7.85. The molecule has 0 radical (unpaired) electrons. The number of nitrogens with one attached hydrogen (secondary N) is 1. The Labute approximate surface area is 127 Å². The highest BCUT2D eigenvalue weighted by Gasteiger charge is 2.21. The average molecular weight is 296 g/mol. The van der Waals surface area contributed by atoms with Gasteiger partial charge in [0.2, 0.25) is 5.91 Å². The summed E-state index contributed by atoms with van der Waals surface area (Å²) in [4.78, 5) is 15.9. The van der Waals surface area contributed by atoms with E-state index < -0.39 is 0 Å². The van der Waals surface area contributed by atoms with E-state index in [1.807, 2.05) is 0 Å². The molecule has 1 N–H and O–H groups in total. The largest absolute Gasteiger partial charge is 0.354 e. The van der Waals surface area contributed by atoms with Crippen LogP contribution in [0.15, 0.2) is 17.5 Å². The SMILES string of the molecule is CCC(CC)C(=O)NCC(c1cccs1)N(CC)CC. The van der Waals surface area contributed by atoms with Crippen molar-refractivity contribution in [3.05, 3.63) is 22.4 Å². The van der Waals surface area contributed by atoms with E-state index in [0.717, 1.165) is 25.9 Å². The van der Waals surface area contributed by atoms with Crippen LogP contribution in [0.3, 0.4) is 0 Å². The summed E-state index contributed by atoms with van der Waals surface area (Å²) in [7, 11) is 0. The third-order valence-corrected chi connectivity index (χ3v) is 4.92. The van der Waals surface area contributed by atoms with Gasteiger partial charge >= 0.3 is 0 Å². The van der Waals surface area contributed by atoms with Crippen molar-refractivity contribution in [3.63, 3.8) is 0 Å². The summed E-state index contributed by atoms with van der Waals surface area (Å²) < 4.78 is 0. The van der Waals surface area contributed by atoms with E-state index in [0.29, 0.717) is 12.6 Å². The molecule has 1 rings (SSSR count). The van der Waals surface area contributed by atoms with Crippen molar-refractivity contribution >= 4 is 17.2 Å². The topological polar surface area (TPSA) is 32.3 Å². The van der Waals surface area contributed by atoms with Gasteiger partial charge in [-0.05, 0) is 37.4 Å². The van der Waals surface area contributed by atoms with Gasteiger partial charge in [-0.15, -0.1) is 11.3 Å². The smallest absolute Gasteiger partial charge is 0.223 e. The number of nitrogens with zero attached hydrogens (tertiary/aromatic N) is 1. The molecule has 1 aromatic rings. The van der Waals surface area contributed by atoms with E-state index >= 15 is 0 Å². The maximum atomic E-state index is 12.2. The maximum absolute atomic E-state index is 12.2. The Morgan fingerprint density at radius 3 is 2.35 bits per heavy atom. The minimum atomic E-state index is 0.149. The van der Waals surface area contributed by atoms with Gasteiger partial charge in [-0.1, -0.05) is 33.8 Å². The summed E-state index contributed by atoms with van der Waals surface area (Å²) >= 11 is 1.77. The molecule has 0 aliphatic carbocycles. The second kappa shape index (κ2) is 9.14.